The van der Waals surface area contributed by atoms with E-state index >= 15 is 0 Å². The van der Waals surface area contributed by atoms with E-state index in [9.17, 15) is 0 Å². The van der Waals surface area contributed by atoms with E-state index in [1.165, 1.54) is 0 Å². The summed E-state index contributed by atoms with van der Waals surface area (Å²) in [6.07, 6.45) is 0. The number of rotatable bonds is 3. The van der Waals surface area contributed by atoms with E-state index in [0.29, 0.717) is 12.5 Å². The molecule has 38 valence electrons. The molecule has 0 saturated carbocycles. The van der Waals surface area contributed by atoms with E-state index in [1.807, 2.05) is 0 Å². The molecule has 0 aliphatic heterocycles. The molecule has 0 aliphatic carbocycles. The summed E-state index contributed by atoms with van der Waals surface area (Å²) in [6.45, 7) is 0.441. The van der Waals surface area contributed by atoms with Crippen molar-refractivity contribution in [3.63, 3.8) is 0 Å². The van der Waals surface area contributed by atoms with Gasteiger partial charge >= 0.3 is 0 Å². The van der Waals surface area contributed by atoms with E-state index in [2.05, 4.69) is 4.52 Å². The Labute approximate surface area is 43.4 Å². The van der Waals surface area contributed by atoms with Gasteiger partial charge in [0.2, 0.25) is 0 Å². The normalized spacial score (nSPS) is 11.0. The first-order valence-corrected chi connectivity index (χ1v) is 2.87. The molecule has 0 aromatic rings. The van der Waals surface area contributed by atoms with Crippen LogP contribution in [0.25, 0.3) is 0 Å². The SMILES string of the molecule is OPOCCCl. The number of hydrogen-bond donors (Lipinski definition) is 1. The summed E-state index contributed by atoms with van der Waals surface area (Å²) >= 11 is 5.15. The Balaban J connectivity index is 2.34. The van der Waals surface area contributed by atoms with Gasteiger partial charge in [-0.2, -0.15) is 0 Å². The molecule has 0 amide bonds. The lowest BCUT2D eigenvalue weighted by Gasteiger charge is -1.88. The third-order valence-electron chi connectivity index (χ3n) is 0.244. The molecule has 0 saturated heterocycles. The van der Waals surface area contributed by atoms with Gasteiger partial charge in [-0.25, -0.2) is 0 Å². The Hall–Kier alpha value is 0.640. The van der Waals surface area contributed by atoms with Gasteiger partial charge in [0.1, 0.15) is 0 Å². The molecule has 0 heterocycles. The predicted octanol–water partition coefficient (Wildman–Crippen LogP) is 0.743. The maximum Gasteiger partial charge on any atom is 0.152 e. The fourth-order valence-corrected chi connectivity index (χ4v) is 0.484. The fraction of sp³-hybridized carbons (Fsp3) is 1.00. The number of hydrogen-bond acceptors (Lipinski definition) is 2. The van der Waals surface area contributed by atoms with Gasteiger partial charge in [-0.05, 0) is 0 Å². The zero-order valence-corrected chi connectivity index (χ0v) is 4.90. The largest absolute Gasteiger partial charge is 0.352 e. The molecule has 0 aliphatic rings. The van der Waals surface area contributed by atoms with Gasteiger partial charge in [-0.15, -0.1) is 11.6 Å². The molecule has 0 fully saturated rings. The first kappa shape index (κ1) is 6.64. The second kappa shape index (κ2) is 5.64. The highest BCUT2D eigenvalue weighted by atomic mass is 35.5. The van der Waals surface area contributed by atoms with E-state index < -0.39 is 9.03 Å². The molecule has 4 heteroatoms. The number of alkyl halides is 1. The predicted molar refractivity (Wildman–Crippen MR) is 27.2 cm³/mol. The van der Waals surface area contributed by atoms with Crippen LogP contribution in [0.4, 0.5) is 0 Å². The Morgan fingerprint density at radius 3 is 2.67 bits per heavy atom. The standard InChI is InChI=1S/C2H6ClO2P/c3-1-2-5-6-4/h4,6H,1-2H2. The highest BCUT2D eigenvalue weighted by Crippen LogP contribution is 2.01. The highest BCUT2D eigenvalue weighted by molar-refractivity contribution is 7.24. The average molecular weight is 128 g/mol. The topological polar surface area (TPSA) is 29.5 Å². The van der Waals surface area contributed by atoms with Crippen LogP contribution in [-0.2, 0) is 4.52 Å². The molecule has 1 unspecified atom stereocenters. The van der Waals surface area contributed by atoms with Crippen LogP contribution < -0.4 is 0 Å². The highest BCUT2D eigenvalue weighted by Gasteiger charge is 1.76. The van der Waals surface area contributed by atoms with Crippen molar-refractivity contribution >= 4 is 20.6 Å². The minimum atomic E-state index is -0.420. The lowest BCUT2D eigenvalue weighted by molar-refractivity contribution is 0.350. The molecule has 1 N–H and O–H groups in total. The molecule has 6 heavy (non-hydrogen) atoms. The molecule has 0 radical (unpaired) electrons. The molecule has 1 atom stereocenters. The van der Waals surface area contributed by atoms with Gasteiger partial charge in [-0.1, -0.05) is 0 Å². The number of halogens is 1. The van der Waals surface area contributed by atoms with Crippen LogP contribution in [0, 0.1) is 0 Å². The molecule has 0 rings (SSSR count). The molecule has 0 aromatic carbocycles. The third kappa shape index (κ3) is 4.64. The second-order valence-electron chi connectivity index (χ2n) is 0.629. The Kier molecular flexibility index (Phi) is 6.24. The maximum atomic E-state index is 7.94. The summed E-state index contributed by atoms with van der Waals surface area (Å²) in [4.78, 5) is 7.94. The van der Waals surface area contributed by atoms with Crippen LogP contribution in [-0.4, -0.2) is 17.4 Å². The molecular weight excluding hydrogens is 122 g/mol. The molecule has 0 spiro atoms. The van der Waals surface area contributed by atoms with Crippen LogP contribution in [0.5, 0.6) is 0 Å². The van der Waals surface area contributed by atoms with Crippen LogP contribution >= 0.6 is 20.6 Å². The van der Waals surface area contributed by atoms with Crippen molar-refractivity contribution in [2.24, 2.45) is 0 Å². The monoisotopic (exact) mass is 128 g/mol. The van der Waals surface area contributed by atoms with Crippen LogP contribution in [0.3, 0.4) is 0 Å². The van der Waals surface area contributed by atoms with Crippen molar-refractivity contribution in [2.75, 3.05) is 12.5 Å². The lowest BCUT2D eigenvalue weighted by atomic mass is 10.9. The average Bonchev–Trinajstić information content (AvgIpc) is 1.61. The lowest BCUT2D eigenvalue weighted by Crippen LogP contribution is -1.82. The van der Waals surface area contributed by atoms with Gasteiger partial charge in [0.05, 0.1) is 6.61 Å². The first-order chi connectivity index (χ1) is 2.91. The first-order valence-electron chi connectivity index (χ1n) is 1.48. The summed E-state index contributed by atoms with van der Waals surface area (Å²) in [5.41, 5.74) is 0. The summed E-state index contributed by atoms with van der Waals surface area (Å²) in [5.74, 6) is 0.452. The Morgan fingerprint density at radius 2 is 2.50 bits per heavy atom. The van der Waals surface area contributed by atoms with Crippen molar-refractivity contribution < 1.29 is 9.42 Å². The molecular formula is C2H6ClO2P. The van der Waals surface area contributed by atoms with E-state index in [1.54, 1.807) is 0 Å². The van der Waals surface area contributed by atoms with E-state index in [0.717, 1.165) is 0 Å². The van der Waals surface area contributed by atoms with Crippen molar-refractivity contribution in [1.82, 2.24) is 0 Å². The fourth-order valence-electron chi connectivity index (χ4n) is 0.0842. The Bertz CT molecular complexity index is 23.5. The van der Waals surface area contributed by atoms with Gasteiger partial charge in [0.15, 0.2) is 9.03 Å². The van der Waals surface area contributed by atoms with Gasteiger partial charge in [0.25, 0.3) is 0 Å². The van der Waals surface area contributed by atoms with Crippen molar-refractivity contribution in [3.8, 4) is 0 Å². The molecule has 2 nitrogen and oxygen atoms in total. The minimum absolute atomic E-state index is 0.420. The summed E-state index contributed by atoms with van der Waals surface area (Å²) in [6, 6.07) is 0. The molecule has 0 aromatic heterocycles. The van der Waals surface area contributed by atoms with Crippen molar-refractivity contribution in [2.45, 2.75) is 0 Å². The maximum absolute atomic E-state index is 7.94. The third-order valence-corrected chi connectivity index (χ3v) is 0.731. The summed E-state index contributed by atoms with van der Waals surface area (Å²) < 4.78 is 4.43. The van der Waals surface area contributed by atoms with Crippen LogP contribution in [0.15, 0.2) is 0 Å². The van der Waals surface area contributed by atoms with Crippen molar-refractivity contribution in [3.05, 3.63) is 0 Å². The van der Waals surface area contributed by atoms with Gasteiger partial charge in [-0.3, -0.25) is 0 Å². The van der Waals surface area contributed by atoms with E-state index in [4.69, 9.17) is 16.5 Å². The van der Waals surface area contributed by atoms with Crippen molar-refractivity contribution in [1.29, 1.82) is 0 Å². The Morgan fingerprint density at radius 1 is 1.83 bits per heavy atom. The minimum Gasteiger partial charge on any atom is -0.352 e. The van der Waals surface area contributed by atoms with Crippen LogP contribution in [0.2, 0.25) is 0 Å². The van der Waals surface area contributed by atoms with Gasteiger partial charge < -0.3 is 9.42 Å². The van der Waals surface area contributed by atoms with E-state index in [-0.39, 0.29) is 0 Å². The summed E-state index contributed by atoms with van der Waals surface area (Å²) in [7, 11) is -0.420. The summed E-state index contributed by atoms with van der Waals surface area (Å²) in [5, 5.41) is 0. The second-order valence-corrected chi connectivity index (χ2v) is 1.48. The van der Waals surface area contributed by atoms with Crippen LogP contribution in [0.1, 0.15) is 0 Å². The van der Waals surface area contributed by atoms with Gasteiger partial charge in [0, 0.05) is 5.88 Å². The smallest absolute Gasteiger partial charge is 0.152 e. The zero-order valence-electron chi connectivity index (χ0n) is 3.15. The molecule has 0 bridgehead atoms. The quantitative estimate of drug-likeness (QED) is 0.345. The zero-order chi connectivity index (χ0) is 4.83.